The topological polar surface area (TPSA) is 59.6 Å². The zero-order chi connectivity index (χ0) is 14.1. The molecule has 4 nitrogen and oxygen atoms in total. The third kappa shape index (κ3) is 5.64. The van der Waals surface area contributed by atoms with Crippen LogP contribution in [0.3, 0.4) is 0 Å². The van der Waals surface area contributed by atoms with Gasteiger partial charge in [-0.3, -0.25) is 4.99 Å². The maximum Gasteiger partial charge on any atom is 0.188 e. The molecule has 0 radical (unpaired) electrons. The number of guanidine groups is 1. The number of nitrogens with two attached hydrogens (primary N) is 1. The number of benzene rings is 1. The summed E-state index contributed by atoms with van der Waals surface area (Å²) in [6.45, 7) is 5.77. The maximum atomic E-state index is 5.77. The first-order valence-corrected chi connectivity index (χ1v) is 6.84. The van der Waals surface area contributed by atoms with Gasteiger partial charge in [-0.2, -0.15) is 0 Å². The van der Waals surface area contributed by atoms with E-state index in [1.807, 2.05) is 6.92 Å². The fourth-order valence-corrected chi connectivity index (χ4v) is 1.77. The van der Waals surface area contributed by atoms with Gasteiger partial charge < -0.3 is 15.8 Å². The van der Waals surface area contributed by atoms with Gasteiger partial charge in [0.1, 0.15) is 5.75 Å². The van der Waals surface area contributed by atoms with E-state index in [0.717, 1.165) is 43.7 Å². The average Bonchev–Trinajstić information content (AvgIpc) is 2.41. The summed E-state index contributed by atoms with van der Waals surface area (Å²) in [5.74, 6) is 1.47. The molecule has 0 atom stereocenters. The van der Waals surface area contributed by atoms with Gasteiger partial charge in [-0.25, -0.2) is 0 Å². The van der Waals surface area contributed by atoms with Crippen molar-refractivity contribution in [2.75, 3.05) is 20.2 Å². The number of hydrogen-bond donors (Lipinski definition) is 2. The molecule has 0 unspecified atom stereocenters. The van der Waals surface area contributed by atoms with Crippen molar-refractivity contribution in [2.45, 2.75) is 33.1 Å². The summed E-state index contributed by atoms with van der Waals surface area (Å²) in [7, 11) is 1.70. The quantitative estimate of drug-likeness (QED) is 0.450. The van der Waals surface area contributed by atoms with Crippen molar-refractivity contribution >= 4 is 5.96 Å². The van der Waals surface area contributed by atoms with E-state index in [4.69, 9.17) is 10.5 Å². The van der Waals surface area contributed by atoms with Gasteiger partial charge in [0.05, 0.1) is 7.11 Å². The third-order valence-electron chi connectivity index (χ3n) is 2.99. The van der Waals surface area contributed by atoms with Crippen LogP contribution in [0.25, 0.3) is 0 Å². The molecule has 0 spiro atoms. The van der Waals surface area contributed by atoms with Gasteiger partial charge in [-0.1, -0.05) is 25.5 Å². The number of hydrogen-bond acceptors (Lipinski definition) is 2. The Bertz CT molecular complexity index is 416. The number of unbranched alkanes of at least 4 members (excludes halogenated alkanes) is 1. The van der Waals surface area contributed by atoms with Crippen LogP contribution in [0, 0.1) is 6.92 Å². The molecular weight excluding hydrogens is 238 g/mol. The van der Waals surface area contributed by atoms with Crippen LogP contribution in [-0.2, 0) is 6.42 Å². The Hall–Kier alpha value is -1.71. The minimum atomic E-state index is 0.535. The van der Waals surface area contributed by atoms with Crippen LogP contribution in [0.4, 0.5) is 0 Å². The van der Waals surface area contributed by atoms with E-state index in [1.54, 1.807) is 7.11 Å². The van der Waals surface area contributed by atoms with Crippen molar-refractivity contribution in [1.82, 2.24) is 5.32 Å². The molecule has 106 valence electrons. The molecule has 1 aromatic rings. The molecule has 0 fully saturated rings. The van der Waals surface area contributed by atoms with Crippen molar-refractivity contribution in [3.05, 3.63) is 29.3 Å². The van der Waals surface area contributed by atoms with Crippen LogP contribution in [-0.4, -0.2) is 26.2 Å². The molecule has 0 aliphatic carbocycles. The molecule has 0 amide bonds. The number of rotatable bonds is 7. The molecular formula is C15H25N3O. The van der Waals surface area contributed by atoms with Crippen molar-refractivity contribution in [3.8, 4) is 5.75 Å². The standard InChI is InChI=1S/C15H25N3O/c1-4-5-9-17-15(16)18-10-8-13-7-6-12(2)14(11-13)19-3/h6-7,11H,4-5,8-10H2,1-3H3,(H3,16,17,18). The molecule has 0 heterocycles. The molecule has 0 aliphatic rings. The molecule has 3 N–H and O–H groups in total. The van der Waals surface area contributed by atoms with Crippen molar-refractivity contribution in [1.29, 1.82) is 0 Å². The lowest BCUT2D eigenvalue weighted by Crippen LogP contribution is -2.33. The van der Waals surface area contributed by atoms with E-state index < -0.39 is 0 Å². The predicted octanol–water partition coefficient (Wildman–Crippen LogP) is 2.25. The molecule has 0 aliphatic heterocycles. The summed E-state index contributed by atoms with van der Waals surface area (Å²) in [6, 6.07) is 6.26. The van der Waals surface area contributed by atoms with Crippen LogP contribution in [0.1, 0.15) is 30.9 Å². The second-order valence-corrected chi connectivity index (χ2v) is 4.60. The SMILES string of the molecule is CCCCN=C(N)NCCc1ccc(C)c(OC)c1. The second-order valence-electron chi connectivity index (χ2n) is 4.60. The fourth-order valence-electron chi connectivity index (χ4n) is 1.77. The first-order chi connectivity index (χ1) is 9.17. The Morgan fingerprint density at radius 2 is 2.21 bits per heavy atom. The van der Waals surface area contributed by atoms with E-state index in [-0.39, 0.29) is 0 Å². The van der Waals surface area contributed by atoms with E-state index >= 15 is 0 Å². The largest absolute Gasteiger partial charge is 0.496 e. The predicted molar refractivity (Wildman–Crippen MR) is 80.8 cm³/mol. The van der Waals surface area contributed by atoms with Gasteiger partial charge in [0.15, 0.2) is 5.96 Å². The van der Waals surface area contributed by atoms with E-state index in [0.29, 0.717) is 5.96 Å². The van der Waals surface area contributed by atoms with E-state index in [1.165, 1.54) is 5.56 Å². The van der Waals surface area contributed by atoms with Gasteiger partial charge in [0.25, 0.3) is 0 Å². The van der Waals surface area contributed by atoms with Gasteiger partial charge in [0.2, 0.25) is 0 Å². The molecule has 0 saturated heterocycles. The summed E-state index contributed by atoms with van der Waals surface area (Å²) in [6.07, 6.45) is 3.12. The van der Waals surface area contributed by atoms with Crippen molar-refractivity contribution < 1.29 is 4.74 Å². The van der Waals surface area contributed by atoms with Crippen molar-refractivity contribution in [3.63, 3.8) is 0 Å². The fraction of sp³-hybridized carbons (Fsp3) is 0.533. The first-order valence-electron chi connectivity index (χ1n) is 6.84. The zero-order valence-corrected chi connectivity index (χ0v) is 12.2. The normalized spacial score (nSPS) is 11.4. The molecule has 0 bridgehead atoms. The van der Waals surface area contributed by atoms with Crippen LogP contribution in [0.15, 0.2) is 23.2 Å². The summed E-state index contributed by atoms with van der Waals surface area (Å²) in [5, 5.41) is 3.13. The molecule has 0 saturated carbocycles. The Kier molecular flexibility index (Phi) is 6.79. The smallest absolute Gasteiger partial charge is 0.188 e. The molecule has 1 rings (SSSR count). The summed E-state index contributed by atoms with van der Waals surface area (Å²) < 4.78 is 5.31. The number of aryl methyl sites for hydroxylation is 1. The third-order valence-corrected chi connectivity index (χ3v) is 2.99. The number of nitrogens with zero attached hydrogens (tertiary/aromatic N) is 1. The summed E-state index contributed by atoms with van der Waals surface area (Å²) in [5.41, 5.74) is 8.16. The highest BCUT2D eigenvalue weighted by Crippen LogP contribution is 2.18. The van der Waals surface area contributed by atoms with Crippen LogP contribution < -0.4 is 15.8 Å². The number of methoxy groups -OCH3 is 1. The zero-order valence-electron chi connectivity index (χ0n) is 12.2. The van der Waals surface area contributed by atoms with Crippen LogP contribution >= 0.6 is 0 Å². The van der Waals surface area contributed by atoms with Gasteiger partial charge in [0, 0.05) is 13.1 Å². The van der Waals surface area contributed by atoms with E-state index in [2.05, 4.69) is 35.4 Å². The van der Waals surface area contributed by atoms with Crippen LogP contribution in [0.2, 0.25) is 0 Å². The lowest BCUT2D eigenvalue weighted by atomic mass is 10.1. The Morgan fingerprint density at radius 3 is 2.89 bits per heavy atom. The molecule has 1 aromatic carbocycles. The lowest BCUT2D eigenvalue weighted by Gasteiger charge is -2.09. The summed E-state index contributed by atoms with van der Waals surface area (Å²) in [4.78, 5) is 4.25. The van der Waals surface area contributed by atoms with Gasteiger partial charge in [-0.05, 0) is 37.0 Å². The Balaban J connectivity index is 2.38. The highest BCUT2D eigenvalue weighted by Gasteiger charge is 2.00. The van der Waals surface area contributed by atoms with Crippen molar-refractivity contribution in [2.24, 2.45) is 10.7 Å². The number of aliphatic imine (C=N–C) groups is 1. The Labute approximate surface area is 116 Å². The molecule has 19 heavy (non-hydrogen) atoms. The average molecular weight is 263 g/mol. The van der Waals surface area contributed by atoms with Gasteiger partial charge in [-0.15, -0.1) is 0 Å². The minimum Gasteiger partial charge on any atom is -0.496 e. The second kappa shape index (κ2) is 8.40. The molecule has 0 aromatic heterocycles. The summed E-state index contributed by atoms with van der Waals surface area (Å²) >= 11 is 0. The minimum absolute atomic E-state index is 0.535. The lowest BCUT2D eigenvalue weighted by molar-refractivity contribution is 0.411. The Morgan fingerprint density at radius 1 is 1.42 bits per heavy atom. The van der Waals surface area contributed by atoms with Crippen LogP contribution in [0.5, 0.6) is 5.75 Å². The monoisotopic (exact) mass is 263 g/mol. The first kappa shape index (κ1) is 15.3. The highest BCUT2D eigenvalue weighted by molar-refractivity contribution is 5.77. The molecule has 4 heteroatoms. The number of nitrogens with one attached hydrogen (secondary N) is 1. The number of ether oxygens (including phenoxy) is 1. The van der Waals surface area contributed by atoms with E-state index in [9.17, 15) is 0 Å². The highest BCUT2D eigenvalue weighted by atomic mass is 16.5. The van der Waals surface area contributed by atoms with Gasteiger partial charge >= 0.3 is 0 Å². The maximum absolute atomic E-state index is 5.77.